The van der Waals surface area contributed by atoms with Gasteiger partial charge in [-0.05, 0) is 39.3 Å². The Balaban J connectivity index is 2.03. The molecule has 2 rings (SSSR count). The minimum absolute atomic E-state index is 0.317. The van der Waals surface area contributed by atoms with Crippen LogP contribution >= 0.6 is 0 Å². The van der Waals surface area contributed by atoms with Crippen molar-refractivity contribution in [1.29, 1.82) is 0 Å². The summed E-state index contributed by atoms with van der Waals surface area (Å²) in [7, 11) is 4.45. The van der Waals surface area contributed by atoms with Crippen molar-refractivity contribution in [3.63, 3.8) is 0 Å². The highest BCUT2D eigenvalue weighted by Crippen LogP contribution is 2.40. The second-order valence-corrected chi connectivity index (χ2v) is 6.31. The van der Waals surface area contributed by atoms with Crippen LogP contribution in [0.3, 0.4) is 0 Å². The zero-order chi connectivity index (χ0) is 12.3. The molecule has 2 aliphatic carbocycles. The third kappa shape index (κ3) is 2.67. The quantitative estimate of drug-likeness (QED) is 0.571. The van der Waals surface area contributed by atoms with Gasteiger partial charge in [0.2, 0.25) is 0 Å². The standard InChI is InChI=1S/C14H29N3/c1-17(2)14(9-5-6-10-14)13(16-15)11-12-7-3-4-8-12/h12-13,16H,3-11,15H2,1-2H3. The first-order valence-electron chi connectivity index (χ1n) is 7.32. The number of nitrogens with one attached hydrogen (secondary N) is 1. The molecule has 2 aliphatic rings. The van der Waals surface area contributed by atoms with Gasteiger partial charge in [0, 0.05) is 11.6 Å². The third-order valence-electron chi connectivity index (χ3n) is 5.25. The monoisotopic (exact) mass is 239 g/mol. The summed E-state index contributed by atoms with van der Waals surface area (Å²) in [5.41, 5.74) is 3.47. The van der Waals surface area contributed by atoms with E-state index in [0.717, 1.165) is 5.92 Å². The highest BCUT2D eigenvalue weighted by atomic mass is 15.3. The fraction of sp³-hybridized carbons (Fsp3) is 1.00. The summed E-state index contributed by atoms with van der Waals surface area (Å²) in [6.45, 7) is 0. The van der Waals surface area contributed by atoms with Gasteiger partial charge in [0.1, 0.15) is 0 Å². The van der Waals surface area contributed by atoms with Gasteiger partial charge in [-0.3, -0.25) is 11.3 Å². The highest BCUT2D eigenvalue weighted by molar-refractivity contribution is 5.02. The van der Waals surface area contributed by atoms with Crippen molar-refractivity contribution in [3.05, 3.63) is 0 Å². The maximum atomic E-state index is 5.88. The van der Waals surface area contributed by atoms with Gasteiger partial charge in [0.25, 0.3) is 0 Å². The minimum Gasteiger partial charge on any atom is -0.302 e. The molecule has 0 heterocycles. The average Bonchev–Trinajstić information content (AvgIpc) is 2.97. The molecule has 3 N–H and O–H groups in total. The Bertz CT molecular complexity index is 228. The molecule has 0 amide bonds. The Morgan fingerprint density at radius 3 is 2.24 bits per heavy atom. The van der Waals surface area contributed by atoms with Crippen LogP contribution in [0.1, 0.15) is 57.8 Å². The van der Waals surface area contributed by atoms with Crippen LogP contribution in [0, 0.1) is 5.92 Å². The van der Waals surface area contributed by atoms with Gasteiger partial charge in [0.05, 0.1) is 0 Å². The van der Waals surface area contributed by atoms with E-state index in [0.29, 0.717) is 11.6 Å². The van der Waals surface area contributed by atoms with Gasteiger partial charge in [-0.15, -0.1) is 0 Å². The number of likely N-dealkylation sites (N-methyl/N-ethyl adjacent to an activating group) is 1. The number of rotatable bonds is 5. The SMILES string of the molecule is CN(C)C1(C(CC2CCCC2)NN)CCCC1. The van der Waals surface area contributed by atoms with Gasteiger partial charge in [-0.2, -0.15) is 0 Å². The summed E-state index contributed by atoms with van der Waals surface area (Å²) in [4.78, 5) is 2.43. The third-order valence-corrected chi connectivity index (χ3v) is 5.25. The molecule has 1 atom stereocenters. The van der Waals surface area contributed by atoms with Crippen LogP contribution < -0.4 is 11.3 Å². The summed E-state index contributed by atoms with van der Waals surface area (Å²) >= 11 is 0. The van der Waals surface area contributed by atoms with Gasteiger partial charge in [-0.1, -0.05) is 38.5 Å². The zero-order valence-corrected chi connectivity index (χ0v) is 11.5. The van der Waals surface area contributed by atoms with Crippen molar-refractivity contribution >= 4 is 0 Å². The van der Waals surface area contributed by atoms with Crippen LogP contribution in [0.5, 0.6) is 0 Å². The van der Waals surface area contributed by atoms with E-state index in [-0.39, 0.29) is 0 Å². The number of hydrogen-bond acceptors (Lipinski definition) is 3. The molecule has 2 fully saturated rings. The van der Waals surface area contributed by atoms with Gasteiger partial charge in [-0.25, -0.2) is 0 Å². The fourth-order valence-corrected chi connectivity index (χ4v) is 4.12. The van der Waals surface area contributed by atoms with Crippen molar-refractivity contribution in [3.8, 4) is 0 Å². The molecule has 2 saturated carbocycles. The molecular weight excluding hydrogens is 210 g/mol. The Morgan fingerprint density at radius 2 is 1.76 bits per heavy atom. The van der Waals surface area contributed by atoms with Crippen molar-refractivity contribution in [2.75, 3.05) is 14.1 Å². The molecule has 0 radical (unpaired) electrons. The Labute approximate surface area is 106 Å². The van der Waals surface area contributed by atoms with Crippen LogP contribution in [0.25, 0.3) is 0 Å². The lowest BCUT2D eigenvalue weighted by atomic mass is 9.81. The molecule has 3 heteroatoms. The van der Waals surface area contributed by atoms with E-state index in [1.54, 1.807) is 0 Å². The summed E-state index contributed by atoms with van der Waals surface area (Å²) in [6.07, 6.45) is 12.3. The molecule has 0 saturated heterocycles. The normalized spacial score (nSPS) is 26.8. The Morgan fingerprint density at radius 1 is 1.18 bits per heavy atom. The van der Waals surface area contributed by atoms with E-state index >= 15 is 0 Å². The van der Waals surface area contributed by atoms with Gasteiger partial charge < -0.3 is 4.90 Å². The maximum absolute atomic E-state index is 5.88. The van der Waals surface area contributed by atoms with E-state index in [2.05, 4.69) is 24.4 Å². The smallest absolute Gasteiger partial charge is 0.0397 e. The van der Waals surface area contributed by atoms with Crippen LogP contribution in [0.2, 0.25) is 0 Å². The lowest BCUT2D eigenvalue weighted by Gasteiger charge is -2.44. The number of hydrazine groups is 1. The van der Waals surface area contributed by atoms with E-state index in [1.165, 1.54) is 57.8 Å². The Kier molecular flexibility index (Phi) is 4.45. The van der Waals surface area contributed by atoms with Crippen LogP contribution in [-0.4, -0.2) is 30.6 Å². The lowest BCUT2D eigenvalue weighted by molar-refractivity contribution is 0.0911. The predicted octanol–water partition coefficient (Wildman–Crippen LogP) is 2.27. The van der Waals surface area contributed by atoms with Crippen LogP contribution in [-0.2, 0) is 0 Å². The molecule has 100 valence electrons. The Hall–Kier alpha value is -0.120. The summed E-state index contributed by atoms with van der Waals surface area (Å²) < 4.78 is 0. The van der Waals surface area contributed by atoms with Crippen molar-refractivity contribution in [2.24, 2.45) is 11.8 Å². The van der Waals surface area contributed by atoms with E-state index in [9.17, 15) is 0 Å². The molecule has 0 aromatic heterocycles. The minimum atomic E-state index is 0.317. The molecule has 1 unspecified atom stereocenters. The second-order valence-electron chi connectivity index (χ2n) is 6.31. The van der Waals surface area contributed by atoms with Crippen molar-refractivity contribution < 1.29 is 0 Å². The number of nitrogens with two attached hydrogens (primary N) is 1. The van der Waals surface area contributed by atoms with Gasteiger partial charge >= 0.3 is 0 Å². The lowest BCUT2D eigenvalue weighted by Crippen LogP contribution is -2.59. The summed E-state index contributed by atoms with van der Waals surface area (Å²) in [5.74, 6) is 6.79. The summed E-state index contributed by atoms with van der Waals surface area (Å²) in [5, 5.41) is 0. The van der Waals surface area contributed by atoms with E-state index < -0.39 is 0 Å². The number of nitrogens with zero attached hydrogens (tertiary/aromatic N) is 1. The molecule has 0 spiro atoms. The molecule has 0 bridgehead atoms. The van der Waals surface area contributed by atoms with Crippen molar-refractivity contribution in [1.82, 2.24) is 10.3 Å². The first kappa shape index (κ1) is 13.3. The first-order chi connectivity index (χ1) is 8.19. The topological polar surface area (TPSA) is 41.3 Å². The zero-order valence-electron chi connectivity index (χ0n) is 11.5. The fourth-order valence-electron chi connectivity index (χ4n) is 4.12. The first-order valence-corrected chi connectivity index (χ1v) is 7.32. The molecular formula is C14H29N3. The molecule has 0 aliphatic heterocycles. The summed E-state index contributed by atoms with van der Waals surface area (Å²) in [6, 6.07) is 0.475. The predicted molar refractivity (Wildman–Crippen MR) is 72.6 cm³/mol. The largest absolute Gasteiger partial charge is 0.302 e. The van der Waals surface area contributed by atoms with Gasteiger partial charge in [0.15, 0.2) is 0 Å². The van der Waals surface area contributed by atoms with Crippen molar-refractivity contribution in [2.45, 2.75) is 69.4 Å². The van der Waals surface area contributed by atoms with Crippen LogP contribution in [0.4, 0.5) is 0 Å². The maximum Gasteiger partial charge on any atom is 0.0397 e. The molecule has 0 aromatic rings. The number of hydrogen-bond donors (Lipinski definition) is 2. The van der Waals surface area contributed by atoms with Crippen LogP contribution in [0.15, 0.2) is 0 Å². The molecule has 17 heavy (non-hydrogen) atoms. The highest BCUT2D eigenvalue weighted by Gasteiger charge is 2.43. The van der Waals surface area contributed by atoms with E-state index in [4.69, 9.17) is 5.84 Å². The van der Waals surface area contributed by atoms with E-state index in [1.807, 2.05) is 0 Å². The second kappa shape index (κ2) is 5.68. The molecule has 3 nitrogen and oxygen atoms in total. The average molecular weight is 239 g/mol. The molecule has 0 aromatic carbocycles.